The first kappa shape index (κ1) is 41.7. The number of hydroxylamine groups is 1. The molecule has 2 amide bonds. The summed E-state index contributed by atoms with van der Waals surface area (Å²) >= 11 is 0. The van der Waals surface area contributed by atoms with Crippen LogP contribution in [0.2, 0.25) is 0 Å². The number of rotatable bonds is 8. The predicted octanol–water partition coefficient (Wildman–Crippen LogP) is 5.51. The number of benzene rings is 3. The smallest absolute Gasteiger partial charge is 0.489 e. The number of pyridine rings is 1. The average molecular weight is 753 g/mol. The molecule has 0 unspecified atom stereocenters. The summed E-state index contributed by atoms with van der Waals surface area (Å²) in [6, 6.07) is 26.6. The van der Waals surface area contributed by atoms with E-state index in [1.165, 1.54) is 0 Å². The van der Waals surface area contributed by atoms with Gasteiger partial charge < -0.3 is 20.3 Å². The van der Waals surface area contributed by atoms with Gasteiger partial charge in [0.2, 0.25) is 5.91 Å². The molecule has 3 aromatic carbocycles. The number of carboxylic acid groups (broad SMARTS) is 2. The highest BCUT2D eigenvalue weighted by molar-refractivity contribution is 5.95. The largest absolute Gasteiger partial charge is 0.490 e. The summed E-state index contributed by atoms with van der Waals surface area (Å²) in [6.07, 6.45) is -9.57. The molecule has 1 fully saturated rings. The van der Waals surface area contributed by atoms with Crippen LogP contribution in [-0.2, 0) is 27.5 Å². The molecule has 4 aromatic rings. The van der Waals surface area contributed by atoms with Crippen LogP contribution in [0.5, 0.6) is 5.75 Å². The molecule has 1 aliphatic rings. The highest BCUT2D eigenvalue weighted by Crippen LogP contribution is 2.23. The van der Waals surface area contributed by atoms with Gasteiger partial charge in [0, 0.05) is 47.9 Å². The zero-order chi connectivity index (χ0) is 39.3. The van der Waals surface area contributed by atoms with Gasteiger partial charge in [-0.1, -0.05) is 48.5 Å². The van der Waals surface area contributed by atoms with E-state index in [1.54, 1.807) is 29.7 Å². The number of hydrogen-bond donors (Lipinski definition) is 5. The highest BCUT2D eigenvalue weighted by atomic mass is 19.4. The van der Waals surface area contributed by atoms with Gasteiger partial charge in [-0.2, -0.15) is 26.3 Å². The number of nitrogens with zero attached hydrogens (tertiary/aromatic N) is 2. The molecule has 1 saturated heterocycles. The third-order valence-electron chi connectivity index (χ3n) is 7.64. The third-order valence-corrected chi connectivity index (χ3v) is 7.64. The maximum atomic E-state index is 13.0. The van der Waals surface area contributed by atoms with Crippen molar-refractivity contribution >= 4 is 34.7 Å². The fraction of sp³-hybridized carbons (Fsp3) is 0.286. The van der Waals surface area contributed by atoms with E-state index in [0.29, 0.717) is 37.4 Å². The van der Waals surface area contributed by atoms with E-state index in [1.807, 2.05) is 67.6 Å². The minimum absolute atomic E-state index is 0.269. The number of carbonyl (C=O) groups is 4. The molecule has 0 radical (unpaired) electrons. The van der Waals surface area contributed by atoms with Crippen molar-refractivity contribution in [3.8, 4) is 5.75 Å². The highest BCUT2D eigenvalue weighted by Gasteiger charge is 2.39. The first-order chi connectivity index (χ1) is 24.9. The van der Waals surface area contributed by atoms with E-state index in [2.05, 4.69) is 15.2 Å². The SMILES string of the molecule is Cc1cc(COc2ccc(C(=O)N[C@@H]3CCN(Cc4ccccc4)C[C@@H]3C(=O)NO)cc2)c2ccccc2n1.O=C(O)C(F)(F)F.O=C(O)C(F)(F)F. The summed E-state index contributed by atoms with van der Waals surface area (Å²) < 4.78 is 69.5. The first-order valence-corrected chi connectivity index (χ1v) is 15.6. The minimum Gasteiger partial charge on any atom is -0.489 e. The molecule has 0 saturated carbocycles. The van der Waals surface area contributed by atoms with Gasteiger partial charge in [-0.15, -0.1) is 0 Å². The van der Waals surface area contributed by atoms with Gasteiger partial charge >= 0.3 is 24.3 Å². The van der Waals surface area contributed by atoms with E-state index < -0.39 is 42.2 Å². The quantitative estimate of drug-likeness (QED) is 0.0876. The van der Waals surface area contributed by atoms with Crippen LogP contribution in [0.15, 0.2) is 84.9 Å². The van der Waals surface area contributed by atoms with Crippen LogP contribution < -0.4 is 15.5 Å². The van der Waals surface area contributed by atoms with Gasteiger partial charge in [-0.3, -0.25) is 24.7 Å². The van der Waals surface area contributed by atoms with Crippen LogP contribution >= 0.6 is 0 Å². The van der Waals surface area contributed by atoms with Crippen molar-refractivity contribution in [2.24, 2.45) is 5.92 Å². The maximum Gasteiger partial charge on any atom is 0.490 e. The van der Waals surface area contributed by atoms with Crippen molar-refractivity contribution < 1.29 is 65.7 Å². The van der Waals surface area contributed by atoms with E-state index in [0.717, 1.165) is 34.3 Å². The molecule has 2 heterocycles. The van der Waals surface area contributed by atoms with Crippen LogP contribution in [0.25, 0.3) is 10.9 Å². The number of hydrogen-bond acceptors (Lipinski definition) is 8. The number of aromatic nitrogens is 1. The second-order valence-electron chi connectivity index (χ2n) is 11.5. The molecular formula is C35H34F6N4O8. The molecule has 53 heavy (non-hydrogen) atoms. The second-order valence-corrected chi connectivity index (χ2v) is 11.5. The van der Waals surface area contributed by atoms with Gasteiger partial charge in [0.15, 0.2) is 0 Å². The van der Waals surface area contributed by atoms with Gasteiger partial charge in [0.05, 0.1) is 11.4 Å². The number of likely N-dealkylation sites (tertiary alicyclic amines) is 1. The number of fused-ring (bicyclic) bond motifs is 1. The lowest BCUT2D eigenvalue weighted by Gasteiger charge is -2.37. The minimum atomic E-state index is -5.08. The number of ether oxygens (including phenoxy) is 1. The number of nitrogens with one attached hydrogen (secondary N) is 2. The molecule has 1 aromatic heterocycles. The number of aryl methyl sites for hydroxylation is 1. The lowest BCUT2D eigenvalue weighted by Crippen LogP contribution is -2.55. The molecule has 1 aliphatic heterocycles. The standard InChI is InChI=1S/C31H32N4O4.2C2HF3O2/c1-21-17-24(26-9-5-6-10-28(26)32-21)20-39-25-13-11-23(12-14-25)30(36)33-29-15-16-35(19-27(29)31(37)34-38)18-22-7-3-2-4-8-22;2*3-2(4,5)1(6)7/h2-14,17,27,29,38H,15-16,18-20H2,1H3,(H,33,36)(H,34,37);2*(H,6,7)/t27-,29+;;/m0../s1. The van der Waals surface area contributed by atoms with Gasteiger partial charge in [-0.05, 0) is 55.3 Å². The van der Waals surface area contributed by atoms with E-state index in [4.69, 9.17) is 24.5 Å². The summed E-state index contributed by atoms with van der Waals surface area (Å²) in [7, 11) is 0. The Bertz CT molecular complexity index is 1830. The molecule has 0 bridgehead atoms. The van der Waals surface area contributed by atoms with Crippen LogP contribution in [0.4, 0.5) is 26.3 Å². The van der Waals surface area contributed by atoms with Gasteiger partial charge in [-0.25, -0.2) is 15.1 Å². The lowest BCUT2D eigenvalue weighted by molar-refractivity contribution is -0.193. The van der Waals surface area contributed by atoms with Crippen molar-refractivity contribution in [3.05, 3.63) is 107 Å². The number of alkyl halides is 6. The van der Waals surface area contributed by atoms with E-state index in [-0.39, 0.29) is 5.91 Å². The number of carbonyl (C=O) groups excluding carboxylic acids is 2. The normalized spacial score (nSPS) is 15.8. The predicted molar refractivity (Wildman–Crippen MR) is 176 cm³/mol. The molecule has 18 heteroatoms. The topological polar surface area (TPSA) is 178 Å². The Kier molecular flexibility index (Phi) is 14.7. The van der Waals surface area contributed by atoms with Crippen LogP contribution in [-0.4, -0.2) is 80.5 Å². The number of piperidine rings is 1. The summed E-state index contributed by atoms with van der Waals surface area (Å²) in [5.41, 5.74) is 6.31. The molecule has 5 rings (SSSR count). The lowest BCUT2D eigenvalue weighted by atomic mass is 9.90. The summed E-state index contributed by atoms with van der Waals surface area (Å²) in [5, 5.41) is 27.6. The summed E-state index contributed by atoms with van der Waals surface area (Å²) in [4.78, 5) is 50.0. The number of aliphatic carboxylic acids is 2. The molecule has 2 atom stereocenters. The molecular weight excluding hydrogens is 718 g/mol. The fourth-order valence-electron chi connectivity index (χ4n) is 5.16. The molecule has 12 nitrogen and oxygen atoms in total. The van der Waals surface area contributed by atoms with Crippen LogP contribution in [0.1, 0.15) is 33.6 Å². The van der Waals surface area contributed by atoms with Crippen molar-refractivity contribution in [3.63, 3.8) is 0 Å². The Balaban J connectivity index is 0.000000458. The number of halogens is 6. The second kappa shape index (κ2) is 18.7. The third kappa shape index (κ3) is 13.1. The number of carboxylic acids is 2. The maximum absolute atomic E-state index is 13.0. The van der Waals surface area contributed by atoms with Crippen LogP contribution in [0.3, 0.4) is 0 Å². The van der Waals surface area contributed by atoms with Crippen molar-refractivity contribution in [1.82, 2.24) is 20.7 Å². The Morgan fingerprint density at radius 3 is 2.00 bits per heavy atom. The number of amides is 2. The molecule has 284 valence electrons. The average Bonchev–Trinajstić information content (AvgIpc) is 3.11. The molecule has 5 N–H and O–H groups in total. The summed E-state index contributed by atoms with van der Waals surface area (Å²) in [5.74, 6) is -6.20. The Hall–Kier alpha value is -5.75. The van der Waals surface area contributed by atoms with Gasteiger partial charge in [0.25, 0.3) is 5.91 Å². The molecule has 0 aliphatic carbocycles. The molecule has 0 spiro atoms. The fourth-order valence-corrected chi connectivity index (χ4v) is 5.16. The van der Waals surface area contributed by atoms with E-state index >= 15 is 0 Å². The Labute approximate surface area is 298 Å². The zero-order valence-corrected chi connectivity index (χ0v) is 27.8. The Morgan fingerprint density at radius 1 is 0.868 bits per heavy atom. The monoisotopic (exact) mass is 752 g/mol. The van der Waals surface area contributed by atoms with Crippen molar-refractivity contribution in [2.75, 3.05) is 13.1 Å². The van der Waals surface area contributed by atoms with Crippen LogP contribution in [0, 0.1) is 12.8 Å². The first-order valence-electron chi connectivity index (χ1n) is 15.6. The van der Waals surface area contributed by atoms with E-state index in [9.17, 15) is 41.1 Å². The number of para-hydroxylation sites is 1. The Morgan fingerprint density at radius 2 is 1.43 bits per heavy atom. The van der Waals surface area contributed by atoms with Gasteiger partial charge in [0.1, 0.15) is 12.4 Å². The zero-order valence-electron chi connectivity index (χ0n) is 27.8. The van der Waals surface area contributed by atoms with Crippen molar-refractivity contribution in [2.45, 2.75) is 44.9 Å². The summed E-state index contributed by atoms with van der Waals surface area (Å²) in [6.45, 7) is 4.21. The van der Waals surface area contributed by atoms with Crippen molar-refractivity contribution in [1.29, 1.82) is 0 Å².